The van der Waals surface area contributed by atoms with E-state index in [0.717, 1.165) is 29.5 Å². The van der Waals surface area contributed by atoms with E-state index in [-0.39, 0.29) is 11.9 Å². The number of para-hydroxylation sites is 1. The van der Waals surface area contributed by atoms with Crippen LogP contribution in [0.15, 0.2) is 47.8 Å². The zero-order valence-corrected chi connectivity index (χ0v) is 17.1. The molecule has 2 aromatic heterocycles. The molecule has 28 heavy (non-hydrogen) atoms. The maximum Gasteiger partial charge on any atom is 0.235 e. The average molecular weight is 396 g/mol. The largest absolute Gasteiger partial charge is 0.310 e. The van der Waals surface area contributed by atoms with Gasteiger partial charge in [0.1, 0.15) is 5.82 Å². The van der Waals surface area contributed by atoms with Crippen LogP contribution in [0.3, 0.4) is 0 Å². The molecule has 0 spiro atoms. The van der Waals surface area contributed by atoms with Crippen LogP contribution < -0.4 is 5.32 Å². The Morgan fingerprint density at radius 3 is 2.75 bits per heavy atom. The summed E-state index contributed by atoms with van der Waals surface area (Å²) in [5.74, 6) is 0.991. The molecule has 7 heteroatoms. The number of imidazole rings is 1. The van der Waals surface area contributed by atoms with Gasteiger partial charge in [0, 0.05) is 23.5 Å². The first-order valence-electron chi connectivity index (χ1n) is 9.75. The maximum absolute atomic E-state index is 12.5. The third-order valence-electron chi connectivity index (χ3n) is 4.88. The normalized spacial score (nSPS) is 13.5. The Kier molecular flexibility index (Phi) is 5.52. The second-order valence-corrected chi connectivity index (χ2v) is 8.20. The van der Waals surface area contributed by atoms with Crippen LogP contribution in [-0.2, 0) is 17.6 Å². The molecule has 0 radical (unpaired) electrons. The molecule has 0 saturated heterocycles. The van der Waals surface area contributed by atoms with Gasteiger partial charge >= 0.3 is 0 Å². The van der Waals surface area contributed by atoms with Crippen LogP contribution in [0.25, 0.3) is 5.69 Å². The SMILES string of the molecule is CC(C)n1nccc1NC(=O)CSc1nc2c(n1-c1ccccc1)CCCC2. The van der Waals surface area contributed by atoms with Crippen molar-refractivity contribution < 1.29 is 4.79 Å². The fourth-order valence-electron chi connectivity index (χ4n) is 3.59. The predicted octanol–water partition coefficient (Wildman–Crippen LogP) is 4.26. The highest BCUT2D eigenvalue weighted by Gasteiger charge is 2.22. The Morgan fingerprint density at radius 2 is 1.96 bits per heavy atom. The lowest BCUT2D eigenvalue weighted by atomic mass is 10.0. The number of hydrogen-bond acceptors (Lipinski definition) is 4. The molecule has 0 fully saturated rings. The second-order valence-electron chi connectivity index (χ2n) is 7.26. The molecule has 4 rings (SSSR count). The van der Waals surface area contributed by atoms with Crippen LogP contribution in [-0.4, -0.2) is 31.0 Å². The number of amides is 1. The van der Waals surface area contributed by atoms with Gasteiger partial charge in [-0.25, -0.2) is 9.67 Å². The summed E-state index contributed by atoms with van der Waals surface area (Å²) in [4.78, 5) is 17.4. The molecular weight excluding hydrogens is 370 g/mol. The monoisotopic (exact) mass is 395 g/mol. The summed E-state index contributed by atoms with van der Waals surface area (Å²) in [6.45, 7) is 4.08. The van der Waals surface area contributed by atoms with E-state index in [0.29, 0.717) is 5.75 Å². The van der Waals surface area contributed by atoms with Crippen molar-refractivity contribution in [3.8, 4) is 5.69 Å². The lowest BCUT2D eigenvalue weighted by Crippen LogP contribution is -2.18. The highest BCUT2D eigenvalue weighted by molar-refractivity contribution is 7.99. The third kappa shape index (κ3) is 3.85. The van der Waals surface area contributed by atoms with Crippen molar-refractivity contribution in [2.45, 2.75) is 50.7 Å². The lowest BCUT2D eigenvalue weighted by molar-refractivity contribution is -0.113. The molecule has 6 nitrogen and oxygen atoms in total. The van der Waals surface area contributed by atoms with Gasteiger partial charge in [0.05, 0.1) is 17.6 Å². The number of fused-ring (bicyclic) bond motifs is 1. The van der Waals surface area contributed by atoms with E-state index in [1.165, 1.54) is 36.0 Å². The van der Waals surface area contributed by atoms with Crippen LogP contribution in [0.5, 0.6) is 0 Å². The number of aromatic nitrogens is 4. The molecule has 0 aliphatic heterocycles. The van der Waals surface area contributed by atoms with Crippen molar-refractivity contribution in [3.05, 3.63) is 54.0 Å². The molecule has 1 aliphatic rings. The first kappa shape index (κ1) is 18.8. The average Bonchev–Trinajstić information content (AvgIpc) is 3.31. The van der Waals surface area contributed by atoms with E-state index < -0.39 is 0 Å². The van der Waals surface area contributed by atoms with Gasteiger partial charge < -0.3 is 5.32 Å². The molecule has 1 N–H and O–H groups in total. The molecule has 0 bridgehead atoms. The quantitative estimate of drug-likeness (QED) is 0.634. The number of thioether (sulfide) groups is 1. The van der Waals surface area contributed by atoms with Gasteiger partial charge in [-0.3, -0.25) is 9.36 Å². The Hall–Kier alpha value is -2.54. The summed E-state index contributed by atoms with van der Waals surface area (Å²) in [6.07, 6.45) is 6.14. The van der Waals surface area contributed by atoms with Crippen LogP contribution in [0, 0.1) is 0 Å². The summed E-state index contributed by atoms with van der Waals surface area (Å²) in [5, 5.41) is 8.12. The highest BCUT2D eigenvalue weighted by atomic mass is 32.2. The number of carbonyl (C=O) groups is 1. The predicted molar refractivity (Wildman–Crippen MR) is 112 cm³/mol. The number of benzene rings is 1. The molecule has 2 heterocycles. The number of hydrogen-bond donors (Lipinski definition) is 1. The van der Waals surface area contributed by atoms with Crippen LogP contribution in [0.1, 0.15) is 44.1 Å². The van der Waals surface area contributed by atoms with Crippen LogP contribution in [0.4, 0.5) is 5.82 Å². The Morgan fingerprint density at radius 1 is 1.18 bits per heavy atom. The van der Waals surface area contributed by atoms with E-state index >= 15 is 0 Å². The summed E-state index contributed by atoms with van der Waals surface area (Å²) in [6, 6.07) is 12.3. The van der Waals surface area contributed by atoms with Crippen molar-refractivity contribution in [2.24, 2.45) is 0 Å². The van der Waals surface area contributed by atoms with Crippen LogP contribution in [0.2, 0.25) is 0 Å². The standard InChI is InChI=1S/C21H25N5OS/c1-15(2)26-19(12-13-22-26)24-20(27)14-28-21-23-17-10-6-7-11-18(17)25(21)16-8-4-3-5-9-16/h3-5,8-9,12-13,15H,6-7,10-11,14H2,1-2H3,(H,24,27). The minimum Gasteiger partial charge on any atom is -0.310 e. The lowest BCUT2D eigenvalue weighted by Gasteiger charge is -2.15. The van der Waals surface area contributed by atoms with Gasteiger partial charge in [0.25, 0.3) is 0 Å². The van der Waals surface area contributed by atoms with Gasteiger partial charge in [-0.1, -0.05) is 30.0 Å². The minimum atomic E-state index is -0.0482. The van der Waals surface area contributed by atoms with Gasteiger partial charge in [0.2, 0.25) is 5.91 Å². The number of nitrogens with one attached hydrogen (secondary N) is 1. The van der Waals surface area contributed by atoms with Crippen molar-refractivity contribution in [1.82, 2.24) is 19.3 Å². The number of anilines is 1. The fraction of sp³-hybridized carbons (Fsp3) is 0.381. The van der Waals surface area contributed by atoms with Gasteiger partial charge in [-0.15, -0.1) is 0 Å². The van der Waals surface area contributed by atoms with Gasteiger partial charge in [-0.05, 0) is 51.7 Å². The first-order valence-corrected chi connectivity index (χ1v) is 10.7. The van der Waals surface area contributed by atoms with Crippen molar-refractivity contribution >= 4 is 23.5 Å². The fourth-order valence-corrected chi connectivity index (χ4v) is 4.44. The molecule has 146 valence electrons. The van der Waals surface area contributed by atoms with Gasteiger partial charge in [0.15, 0.2) is 5.16 Å². The van der Waals surface area contributed by atoms with E-state index in [2.05, 4.69) is 27.1 Å². The zero-order chi connectivity index (χ0) is 19.5. The van der Waals surface area contributed by atoms with E-state index in [1.807, 2.05) is 42.8 Å². The third-order valence-corrected chi connectivity index (χ3v) is 5.81. The van der Waals surface area contributed by atoms with E-state index in [4.69, 9.17) is 4.98 Å². The Balaban J connectivity index is 1.52. The molecule has 0 unspecified atom stereocenters. The Bertz CT molecular complexity index is 961. The number of nitrogens with zero attached hydrogens (tertiary/aromatic N) is 4. The Labute approximate surface area is 169 Å². The summed E-state index contributed by atoms with van der Waals surface area (Å²) in [7, 11) is 0. The topological polar surface area (TPSA) is 64.7 Å². The number of aryl methyl sites for hydroxylation is 1. The molecule has 1 aromatic carbocycles. The van der Waals surface area contributed by atoms with E-state index in [9.17, 15) is 4.79 Å². The number of rotatable bonds is 6. The molecule has 0 saturated carbocycles. The second kappa shape index (κ2) is 8.22. The smallest absolute Gasteiger partial charge is 0.235 e. The van der Waals surface area contributed by atoms with Crippen molar-refractivity contribution in [2.75, 3.05) is 11.1 Å². The van der Waals surface area contributed by atoms with Crippen molar-refractivity contribution in [1.29, 1.82) is 0 Å². The van der Waals surface area contributed by atoms with E-state index in [1.54, 1.807) is 6.20 Å². The first-order chi connectivity index (χ1) is 13.6. The zero-order valence-electron chi connectivity index (χ0n) is 16.3. The highest BCUT2D eigenvalue weighted by Crippen LogP contribution is 2.30. The molecular formula is C21H25N5OS. The maximum atomic E-state index is 12.5. The van der Waals surface area contributed by atoms with Crippen LogP contribution >= 0.6 is 11.8 Å². The molecule has 0 atom stereocenters. The molecule has 3 aromatic rings. The summed E-state index contributed by atoms with van der Waals surface area (Å²) in [5.41, 5.74) is 3.58. The van der Waals surface area contributed by atoms with Gasteiger partial charge in [-0.2, -0.15) is 5.10 Å². The van der Waals surface area contributed by atoms with Crippen molar-refractivity contribution in [3.63, 3.8) is 0 Å². The minimum absolute atomic E-state index is 0.0482. The molecule has 1 aliphatic carbocycles. The molecule has 1 amide bonds. The summed E-state index contributed by atoms with van der Waals surface area (Å²) >= 11 is 1.49. The number of carbonyl (C=O) groups excluding carboxylic acids is 1. The summed E-state index contributed by atoms with van der Waals surface area (Å²) < 4.78 is 4.04.